The Morgan fingerprint density at radius 1 is 1.29 bits per heavy atom. The number of methoxy groups -OCH3 is 1. The molecule has 130 valence electrons. The van der Waals surface area contributed by atoms with Gasteiger partial charge in [0, 0.05) is 0 Å². The zero-order valence-corrected chi connectivity index (χ0v) is 14.4. The molecule has 0 saturated heterocycles. The van der Waals surface area contributed by atoms with Gasteiger partial charge < -0.3 is 21.5 Å². The minimum absolute atomic E-state index is 0.127. The van der Waals surface area contributed by atoms with Crippen LogP contribution in [0, 0.1) is 0 Å². The second kappa shape index (κ2) is 8.96. The lowest BCUT2D eigenvalue weighted by molar-refractivity contribution is 0.415. The number of aliphatic imine (C=N–C) groups is 2. The summed E-state index contributed by atoms with van der Waals surface area (Å²) in [6, 6.07) is 8.15. The molecule has 0 radical (unpaired) electrons. The molecule has 1 saturated carbocycles. The van der Waals surface area contributed by atoms with Crippen molar-refractivity contribution >= 4 is 17.4 Å². The predicted molar refractivity (Wildman–Crippen MR) is 101 cm³/mol. The van der Waals surface area contributed by atoms with Crippen LogP contribution in [0.25, 0.3) is 0 Å². The van der Waals surface area contributed by atoms with Gasteiger partial charge in [0.25, 0.3) is 0 Å². The summed E-state index contributed by atoms with van der Waals surface area (Å²) in [4.78, 5) is 8.87. The third-order valence-corrected chi connectivity index (χ3v) is 3.60. The number of nitrogens with two attached hydrogens (primary N) is 2. The van der Waals surface area contributed by atoms with Crippen molar-refractivity contribution in [2.24, 2.45) is 21.5 Å². The van der Waals surface area contributed by atoms with E-state index in [1.165, 1.54) is 0 Å². The fourth-order valence-corrected chi connectivity index (χ4v) is 2.24. The fraction of sp³-hybridized carbons (Fsp3) is 0.444. The lowest BCUT2D eigenvalue weighted by Gasteiger charge is -2.17. The van der Waals surface area contributed by atoms with Gasteiger partial charge >= 0.3 is 0 Å². The van der Waals surface area contributed by atoms with Gasteiger partial charge in [-0.05, 0) is 43.5 Å². The van der Waals surface area contributed by atoms with Crippen molar-refractivity contribution in [3.63, 3.8) is 0 Å². The summed E-state index contributed by atoms with van der Waals surface area (Å²) < 4.78 is 5.36. The molecular weight excluding hydrogens is 302 g/mol. The third kappa shape index (κ3) is 5.95. The normalized spacial score (nSPS) is 17.1. The summed E-state index contributed by atoms with van der Waals surface area (Å²) in [7, 11) is 1.65. The highest BCUT2D eigenvalue weighted by atomic mass is 16.5. The van der Waals surface area contributed by atoms with E-state index in [4.69, 9.17) is 16.2 Å². The van der Waals surface area contributed by atoms with E-state index in [1.807, 2.05) is 24.3 Å². The van der Waals surface area contributed by atoms with Crippen molar-refractivity contribution in [2.75, 3.05) is 12.4 Å². The Hall–Kier alpha value is -2.50. The Morgan fingerprint density at radius 3 is 2.67 bits per heavy atom. The molecule has 0 aromatic heterocycles. The second-order valence-electron chi connectivity index (χ2n) is 5.82. The van der Waals surface area contributed by atoms with Crippen molar-refractivity contribution in [1.29, 1.82) is 0 Å². The Morgan fingerprint density at radius 2 is 2.00 bits per heavy atom. The molecule has 6 nitrogen and oxygen atoms in total. The molecule has 1 fully saturated rings. The number of nitrogens with zero attached hydrogens (tertiary/aromatic N) is 2. The Labute approximate surface area is 143 Å². The third-order valence-electron chi connectivity index (χ3n) is 3.60. The number of anilines is 1. The second-order valence-corrected chi connectivity index (χ2v) is 5.82. The first-order valence-corrected chi connectivity index (χ1v) is 8.36. The fourth-order valence-electron chi connectivity index (χ4n) is 2.24. The highest BCUT2D eigenvalue weighted by Gasteiger charge is 2.19. The number of amidine groups is 2. The van der Waals surface area contributed by atoms with Gasteiger partial charge in [-0.3, -0.25) is 4.99 Å². The molecule has 6 heteroatoms. The maximum atomic E-state index is 6.01. The number of nitrogens with one attached hydrogen (secondary N) is 1. The SMILES string of the molecule is CCCC(N=C(N)/C=C\C(N)=NC1CC1)Nc1ccccc1OC. The van der Waals surface area contributed by atoms with E-state index in [2.05, 4.69) is 22.2 Å². The molecule has 1 aromatic carbocycles. The van der Waals surface area contributed by atoms with Crippen molar-refractivity contribution in [1.82, 2.24) is 0 Å². The smallest absolute Gasteiger partial charge is 0.142 e. The molecule has 1 atom stereocenters. The first-order valence-electron chi connectivity index (χ1n) is 8.36. The monoisotopic (exact) mass is 329 g/mol. The number of hydrogen-bond acceptors (Lipinski definition) is 4. The average Bonchev–Trinajstić information content (AvgIpc) is 3.37. The molecule has 1 aliphatic carbocycles. The first kappa shape index (κ1) is 17.8. The Balaban J connectivity index is 2.04. The minimum Gasteiger partial charge on any atom is -0.495 e. The van der Waals surface area contributed by atoms with Crippen LogP contribution in [-0.2, 0) is 0 Å². The maximum Gasteiger partial charge on any atom is 0.142 e. The van der Waals surface area contributed by atoms with Gasteiger partial charge in [0.2, 0.25) is 0 Å². The predicted octanol–water partition coefficient (Wildman–Crippen LogP) is 2.67. The van der Waals surface area contributed by atoms with E-state index in [9.17, 15) is 0 Å². The summed E-state index contributed by atoms with van der Waals surface area (Å²) >= 11 is 0. The highest BCUT2D eigenvalue weighted by molar-refractivity contribution is 6.00. The van der Waals surface area contributed by atoms with Crippen molar-refractivity contribution in [3.05, 3.63) is 36.4 Å². The molecule has 0 amide bonds. The molecule has 1 aromatic rings. The van der Waals surface area contributed by atoms with E-state index in [1.54, 1.807) is 19.3 Å². The molecule has 0 bridgehead atoms. The van der Waals surface area contributed by atoms with E-state index in [0.717, 1.165) is 37.1 Å². The van der Waals surface area contributed by atoms with Crippen LogP contribution in [0.3, 0.4) is 0 Å². The van der Waals surface area contributed by atoms with Gasteiger partial charge in [-0.15, -0.1) is 0 Å². The molecule has 0 spiro atoms. The van der Waals surface area contributed by atoms with Crippen LogP contribution in [0.5, 0.6) is 5.75 Å². The van der Waals surface area contributed by atoms with Gasteiger partial charge in [-0.2, -0.15) is 0 Å². The molecule has 0 heterocycles. The number of hydrogen-bond donors (Lipinski definition) is 3. The molecule has 5 N–H and O–H groups in total. The van der Waals surface area contributed by atoms with Crippen molar-refractivity contribution in [3.8, 4) is 5.75 Å². The quantitative estimate of drug-likeness (QED) is 0.479. The van der Waals surface area contributed by atoms with Gasteiger partial charge in [0.05, 0.1) is 18.8 Å². The average molecular weight is 329 g/mol. The molecule has 1 unspecified atom stereocenters. The topological polar surface area (TPSA) is 98.0 Å². The van der Waals surface area contributed by atoms with Crippen LogP contribution in [0.4, 0.5) is 5.69 Å². The van der Waals surface area contributed by atoms with E-state index in [0.29, 0.717) is 17.7 Å². The number of benzene rings is 1. The Kier molecular flexibility index (Phi) is 6.66. The minimum atomic E-state index is -0.127. The van der Waals surface area contributed by atoms with Crippen molar-refractivity contribution in [2.45, 2.75) is 44.8 Å². The van der Waals surface area contributed by atoms with Crippen molar-refractivity contribution < 1.29 is 4.74 Å². The molecule has 2 rings (SSSR count). The van der Waals surface area contributed by atoms with Crippen LogP contribution in [0.2, 0.25) is 0 Å². The van der Waals surface area contributed by atoms with Crippen LogP contribution in [0.15, 0.2) is 46.4 Å². The zero-order chi connectivity index (χ0) is 17.4. The Bertz CT molecular complexity index is 620. The van der Waals surface area contributed by atoms with E-state index in [-0.39, 0.29) is 6.17 Å². The lowest BCUT2D eigenvalue weighted by atomic mass is 10.2. The largest absolute Gasteiger partial charge is 0.495 e. The van der Waals surface area contributed by atoms with Crippen LogP contribution in [-0.4, -0.2) is 31.0 Å². The van der Waals surface area contributed by atoms with Crippen LogP contribution in [0.1, 0.15) is 32.6 Å². The molecule has 0 aliphatic heterocycles. The number of rotatable bonds is 9. The number of para-hydroxylation sites is 2. The zero-order valence-electron chi connectivity index (χ0n) is 14.4. The van der Waals surface area contributed by atoms with Gasteiger partial charge in [0.15, 0.2) is 0 Å². The summed E-state index contributed by atoms with van der Waals surface area (Å²) in [5.74, 6) is 1.70. The maximum absolute atomic E-state index is 6.01. The van der Waals surface area contributed by atoms with Gasteiger partial charge in [-0.25, -0.2) is 4.99 Å². The van der Waals surface area contributed by atoms with E-state index >= 15 is 0 Å². The summed E-state index contributed by atoms with van der Waals surface area (Å²) in [5.41, 5.74) is 12.7. The number of ether oxygens (including phenoxy) is 1. The van der Waals surface area contributed by atoms with Crippen LogP contribution < -0.4 is 21.5 Å². The lowest BCUT2D eigenvalue weighted by Crippen LogP contribution is -2.22. The summed E-state index contributed by atoms with van der Waals surface area (Å²) in [5, 5.41) is 3.37. The molecule has 24 heavy (non-hydrogen) atoms. The molecular formula is C18H27N5O. The first-order chi connectivity index (χ1) is 11.6. The highest BCUT2D eigenvalue weighted by Crippen LogP contribution is 2.25. The van der Waals surface area contributed by atoms with E-state index < -0.39 is 0 Å². The van der Waals surface area contributed by atoms with Gasteiger partial charge in [-0.1, -0.05) is 25.5 Å². The summed E-state index contributed by atoms with van der Waals surface area (Å²) in [6.07, 6.45) is 7.38. The molecule has 1 aliphatic rings. The van der Waals surface area contributed by atoms with Gasteiger partial charge in [0.1, 0.15) is 23.6 Å². The standard InChI is InChI=1S/C18H27N5O/c1-3-6-18(22-14-7-4-5-8-15(14)24-2)23-17(20)12-11-16(19)21-13-9-10-13/h4-5,7-8,11-13,18,22H,3,6,9-10H2,1-2H3,(H2,19,21)(H2,20,23)/b12-11-. The van der Waals surface area contributed by atoms with Crippen LogP contribution >= 0.6 is 0 Å². The summed E-state index contributed by atoms with van der Waals surface area (Å²) in [6.45, 7) is 2.11.